The van der Waals surface area contributed by atoms with Gasteiger partial charge in [-0.3, -0.25) is 9.59 Å². The number of aryl methyl sites for hydroxylation is 2. The standard InChI is InChI=1S/C20H22O5.C6H13N3O2S/c1-22-16-9-8-14-12(10-15(16)21)6-5-7-13-11-17(23-2)19(24-3)20(25-4)18(13)14;1-9(8)2-5(7)3-11-6(10)4-12/h8-11H,5-7H2,1-4H3;2,12H,3-4,7-8H2,1H3/b;5-2-. The molecule has 0 amide bonds. The van der Waals surface area contributed by atoms with Crippen molar-refractivity contribution in [1.29, 1.82) is 0 Å². The lowest BCUT2D eigenvalue weighted by molar-refractivity contribution is -0.139. The molecular formula is C26H35N3O7S. The number of hydrazine groups is 1. The third kappa shape index (κ3) is 7.70. The zero-order valence-corrected chi connectivity index (χ0v) is 22.7. The van der Waals surface area contributed by atoms with Crippen molar-refractivity contribution in [2.75, 3.05) is 47.8 Å². The smallest absolute Gasteiger partial charge is 0.316 e. The molecule has 37 heavy (non-hydrogen) atoms. The van der Waals surface area contributed by atoms with Gasteiger partial charge in [-0.15, -0.1) is 0 Å². The van der Waals surface area contributed by atoms with Crippen LogP contribution in [-0.4, -0.2) is 58.8 Å². The molecule has 0 atom stereocenters. The number of thiol groups is 1. The molecule has 0 saturated heterocycles. The fraction of sp³-hybridized carbons (Fsp3) is 0.385. The topological polar surface area (TPSA) is 136 Å². The summed E-state index contributed by atoms with van der Waals surface area (Å²) >= 11 is 3.72. The minimum absolute atomic E-state index is 0.0426. The predicted molar refractivity (Wildman–Crippen MR) is 145 cm³/mol. The number of nitrogens with zero attached hydrogens (tertiary/aromatic N) is 1. The van der Waals surface area contributed by atoms with E-state index in [0.29, 0.717) is 28.7 Å². The van der Waals surface area contributed by atoms with Gasteiger partial charge in [-0.05, 0) is 54.2 Å². The summed E-state index contributed by atoms with van der Waals surface area (Å²) in [5.74, 6) is 7.04. The summed E-state index contributed by atoms with van der Waals surface area (Å²) in [6.07, 6.45) is 4.08. The van der Waals surface area contributed by atoms with Gasteiger partial charge >= 0.3 is 5.97 Å². The van der Waals surface area contributed by atoms with Gasteiger partial charge in [0.15, 0.2) is 17.2 Å². The molecular weight excluding hydrogens is 498 g/mol. The number of carbonyl (C=O) groups excluding carboxylic acids is 1. The van der Waals surface area contributed by atoms with Crippen molar-refractivity contribution in [3.8, 4) is 34.1 Å². The minimum atomic E-state index is -0.408. The maximum Gasteiger partial charge on any atom is 0.316 e. The maximum atomic E-state index is 12.3. The molecule has 0 aliphatic heterocycles. The molecule has 0 unspecified atom stereocenters. The summed E-state index contributed by atoms with van der Waals surface area (Å²) in [6, 6.07) is 7.30. The van der Waals surface area contributed by atoms with Crippen LogP contribution in [0.25, 0.3) is 11.1 Å². The van der Waals surface area contributed by atoms with Crippen molar-refractivity contribution in [3.63, 3.8) is 0 Å². The van der Waals surface area contributed by atoms with Crippen LogP contribution in [0.5, 0.6) is 23.0 Å². The molecule has 0 aromatic heterocycles. The Hall–Kier alpha value is -3.57. The molecule has 4 N–H and O–H groups in total. The Morgan fingerprint density at radius 1 is 1.00 bits per heavy atom. The van der Waals surface area contributed by atoms with Gasteiger partial charge in [0.05, 0.1) is 39.9 Å². The molecule has 202 valence electrons. The molecule has 0 saturated carbocycles. The highest BCUT2D eigenvalue weighted by Gasteiger charge is 2.25. The lowest BCUT2D eigenvalue weighted by Crippen LogP contribution is -2.23. The van der Waals surface area contributed by atoms with E-state index in [1.807, 2.05) is 12.1 Å². The fourth-order valence-corrected chi connectivity index (χ4v) is 4.04. The highest BCUT2D eigenvalue weighted by atomic mass is 32.1. The van der Waals surface area contributed by atoms with Gasteiger partial charge in [-0.25, -0.2) is 5.84 Å². The van der Waals surface area contributed by atoms with Crippen LogP contribution in [0.1, 0.15) is 17.5 Å². The summed E-state index contributed by atoms with van der Waals surface area (Å²) in [5.41, 5.74) is 9.69. The number of ether oxygens (including phenoxy) is 5. The van der Waals surface area contributed by atoms with Crippen LogP contribution in [0.3, 0.4) is 0 Å². The SMILES string of the molecule is CN(N)/C=C(\N)COC(=O)CS.COc1cc2c(c(OC)c1OC)-c1ccc(OC)c(=O)cc1CCC2. The van der Waals surface area contributed by atoms with E-state index in [1.165, 1.54) is 18.3 Å². The lowest BCUT2D eigenvalue weighted by atomic mass is 9.96. The first-order valence-electron chi connectivity index (χ1n) is 11.4. The number of nitrogens with two attached hydrogens (primary N) is 2. The third-order valence-corrected chi connectivity index (χ3v) is 5.75. The van der Waals surface area contributed by atoms with E-state index in [4.69, 9.17) is 30.5 Å². The molecule has 1 aliphatic rings. The zero-order valence-electron chi connectivity index (χ0n) is 21.8. The molecule has 1 aliphatic carbocycles. The van der Waals surface area contributed by atoms with Crippen molar-refractivity contribution in [3.05, 3.63) is 57.5 Å². The fourth-order valence-electron chi connectivity index (χ4n) is 3.95. The highest BCUT2D eigenvalue weighted by Crippen LogP contribution is 2.48. The number of benzene rings is 1. The van der Waals surface area contributed by atoms with Crippen LogP contribution in [0.4, 0.5) is 0 Å². The van der Waals surface area contributed by atoms with Gasteiger partial charge in [0.1, 0.15) is 6.61 Å². The van der Waals surface area contributed by atoms with Crippen LogP contribution >= 0.6 is 12.6 Å². The van der Waals surface area contributed by atoms with Gasteiger partial charge in [0.25, 0.3) is 0 Å². The van der Waals surface area contributed by atoms with Crippen LogP contribution in [0, 0.1) is 0 Å². The Labute approximate surface area is 222 Å². The molecule has 10 nitrogen and oxygen atoms in total. The van der Waals surface area contributed by atoms with E-state index in [9.17, 15) is 9.59 Å². The number of hydrogen-bond acceptors (Lipinski definition) is 11. The first-order chi connectivity index (χ1) is 17.7. The molecule has 0 fully saturated rings. The van der Waals surface area contributed by atoms with E-state index < -0.39 is 5.97 Å². The van der Waals surface area contributed by atoms with Gasteiger partial charge < -0.3 is 34.4 Å². The molecule has 0 bridgehead atoms. The van der Waals surface area contributed by atoms with Crippen LogP contribution in [-0.2, 0) is 22.4 Å². The summed E-state index contributed by atoms with van der Waals surface area (Å²) in [5, 5.41) is 1.28. The number of hydrogen-bond donors (Lipinski definition) is 3. The van der Waals surface area contributed by atoms with Crippen LogP contribution in [0.2, 0.25) is 0 Å². The molecule has 0 heterocycles. The summed E-state index contributed by atoms with van der Waals surface area (Å²) in [4.78, 5) is 22.9. The Kier molecular flexibility index (Phi) is 11.4. The van der Waals surface area contributed by atoms with Crippen molar-refractivity contribution in [2.24, 2.45) is 11.6 Å². The van der Waals surface area contributed by atoms with Crippen LogP contribution in [0.15, 0.2) is 41.0 Å². The summed E-state index contributed by atoms with van der Waals surface area (Å²) in [6.45, 7) is 0.0426. The average Bonchev–Trinajstić information content (AvgIpc) is 3.14. The third-order valence-electron chi connectivity index (χ3n) is 5.49. The van der Waals surface area contributed by atoms with Gasteiger partial charge in [-0.2, -0.15) is 12.6 Å². The molecule has 2 aromatic carbocycles. The number of methoxy groups -OCH3 is 4. The van der Waals surface area contributed by atoms with E-state index in [0.717, 1.165) is 41.5 Å². The summed E-state index contributed by atoms with van der Waals surface area (Å²) < 4.78 is 26.6. The second kappa shape index (κ2) is 14.2. The van der Waals surface area contributed by atoms with Crippen molar-refractivity contribution < 1.29 is 28.5 Å². The monoisotopic (exact) mass is 533 g/mol. The van der Waals surface area contributed by atoms with E-state index in [-0.39, 0.29) is 17.8 Å². The normalized spacial score (nSPS) is 12.0. The average molecular weight is 534 g/mol. The Morgan fingerprint density at radius 2 is 1.65 bits per heavy atom. The lowest BCUT2D eigenvalue weighted by Gasteiger charge is -2.19. The summed E-state index contributed by atoms with van der Waals surface area (Å²) in [7, 11) is 7.94. The molecule has 0 radical (unpaired) electrons. The Morgan fingerprint density at radius 3 is 2.22 bits per heavy atom. The van der Waals surface area contributed by atoms with E-state index >= 15 is 0 Å². The molecule has 0 spiro atoms. The second-order valence-corrected chi connectivity index (χ2v) is 8.39. The minimum Gasteiger partial charge on any atom is -0.493 e. The van der Waals surface area contributed by atoms with E-state index in [1.54, 1.807) is 40.5 Å². The van der Waals surface area contributed by atoms with Gasteiger partial charge in [0.2, 0.25) is 11.2 Å². The van der Waals surface area contributed by atoms with Crippen molar-refractivity contribution >= 4 is 18.6 Å². The first kappa shape index (κ1) is 29.7. The van der Waals surface area contributed by atoms with Crippen molar-refractivity contribution in [2.45, 2.75) is 19.3 Å². The van der Waals surface area contributed by atoms with Crippen molar-refractivity contribution in [1.82, 2.24) is 5.01 Å². The molecule has 3 rings (SSSR count). The van der Waals surface area contributed by atoms with E-state index in [2.05, 4.69) is 17.4 Å². The quantitative estimate of drug-likeness (QED) is 0.201. The number of esters is 1. The molecule has 11 heteroatoms. The maximum absolute atomic E-state index is 12.3. The van der Waals surface area contributed by atoms with Gasteiger partial charge in [0, 0.05) is 18.8 Å². The predicted octanol–water partition coefficient (Wildman–Crippen LogP) is 2.30. The number of rotatable bonds is 8. The largest absolute Gasteiger partial charge is 0.493 e. The number of carbonyl (C=O) groups is 1. The number of fused-ring (bicyclic) bond motifs is 3. The van der Waals surface area contributed by atoms with Gasteiger partial charge in [-0.1, -0.05) is 6.07 Å². The second-order valence-electron chi connectivity index (χ2n) is 8.07. The molecule has 2 aromatic rings. The Balaban J connectivity index is 0.000000341. The Bertz CT molecular complexity index is 1190. The first-order valence-corrected chi connectivity index (χ1v) is 12.1. The van der Waals surface area contributed by atoms with Crippen LogP contribution < -0.4 is 36.0 Å². The zero-order chi connectivity index (χ0) is 27.5. The highest BCUT2D eigenvalue weighted by molar-refractivity contribution is 7.81.